The van der Waals surface area contributed by atoms with Crippen LogP contribution in [0.3, 0.4) is 0 Å². The predicted molar refractivity (Wildman–Crippen MR) is 138 cm³/mol. The van der Waals surface area contributed by atoms with E-state index in [1.165, 1.54) is 12.3 Å². The van der Waals surface area contributed by atoms with Crippen LogP contribution in [0.25, 0.3) is 28.3 Å². The van der Waals surface area contributed by atoms with Gasteiger partial charge in [0.1, 0.15) is 22.6 Å². The summed E-state index contributed by atoms with van der Waals surface area (Å²) in [5.41, 5.74) is 1.65. The van der Waals surface area contributed by atoms with E-state index in [0.29, 0.717) is 54.1 Å². The standard InChI is InChI=1S/C28H28F2N6O2/c1-17-24(32-12-11-31-17)25-23(27(38)35-15-18(14-29)16-35)26-33-21(13-22(37)36(26)34-25)19-5-7-20(8-6-19)28(30)9-3-2-4-10-28/h5-8,11-13,18,33H,2-4,9-10,14-16H2,1H3. The van der Waals surface area contributed by atoms with Gasteiger partial charge in [0.25, 0.3) is 11.5 Å². The maximum absolute atomic E-state index is 15.5. The molecule has 4 heterocycles. The van der Waals surface area contributed by atoms with Gasteiger partial charge in [0.2, 0.25) is 0 Å². The van der Waals surface area contributed by atoms with Crippen molar-refractivity contribution in [1.82, 2.24) is 29.5 Å². The number of halogens is 2. The minimum Gasteiger partial charge on any atom is -0.339 e. The molecule has 3 aromatic heterocycles. The Morgan fingerprint density at radius 3 is 2.47 bits per heavy atom. The van der Waals surface area contributed by atoms with Gasteiger partial charge in [-0.3, -0.25) is 23.9 Å². The van der Waals surface area contributed by atoms with Gasteiger partial charge in [-0.1, -0.05) is 30.7 Å². The third-order valence-corrected chi connectivity index (χ3v) is 7.76. The Morgan fingerprint density at radius 1 is 1.08 bits per heavy atom. The van der Waals surface area contributed by atoms with E-state index in [9.17, 15) is 14.0 Å². The van der Waals surface area contributed by atoms with Crippen molar-refractivity contribution in [2.75, 3.05) is 19.8 Å². The molecule has 6 rings (SSSR count). The number of H-pyrrole nitrogens is 1. The summed E-state index contributed by atoms with van der Waals surface area (Å²) in [5.74, 6) is -0.553. The van der Waals surface area contributed by atoms with Crippen molar-refractivity contribution >= 4 is 11.6 Å². The first-order valence-electron chi connectivity index (χ1n) is 13.0. The van der Waals surface area contributed by atoms with Crippen LogP contribution in [0.1, 0.15) is 53.7 Å². The first-order chi connectivity index (χ1) is 18.4. The summed E-state index contributed by atoms with van der Waals surface area (Å²) in [7, 11) is 0. The molecule has 1 amide bonds. The van der Waals surface area contributed by atoms with Crippen LogP contribution < -0.4 is 5.56 Å². The maximum Gasteiger partial charge on any atom is 0.274 e. The zero-order chi connectivity index (χ0) is 26.4. The summed E-state index contributed by atoms with van der Waals surface area (Å²) in [6, 6.07) is 8.54. The van der Waals surface area contributed by atoms with Crippen molar-refractivity contribution in [3.8, 4) is 22.6 Å². The van der Waals surface area contributed by atoms with Crippen molar-refractivity contribution < 1.29 is 13.6 Å². The fourth-order valence-electron chi connectivity index (χ4n) is 5.55. The highest BCUT2D eigenvalue weighted by atomic mass is 19.1. The molecular weight excluding hydrogens is 490 g/mol. The highest BCUT2D eigenvalue weighted by Crippen LogP contribution is 2.41. The molecule has 196 valence electrons. The summed E-state index contributed by atoms with van der Waals surface area (Å²) in [4.78, 5) is 40.2. The lowest BCUT2D eigenvalue weighted by Gasteiger charge is -2.37. The number of nitrogens with one attached hydrogen (secondary N) is 1. The lowest BCUT2D eigenvalue weighted by Crippen LogP contribution is -2.50. The SMILES string of the molecule is Cc1nccnc1-c1nn2c(=O)cc(-c3ccc(C4(F)CCCCC4)cc3)[nH]c2c1C(=O)N1CC(CF)C1. The van der Waals surface area contributed by atoms with Crippen molar-refractivity contribution in [3.05, 3.63) is 69.9 Å². The Balaban J connectivity index is 1.46. The van der Waals surface area contributed by atoms with Crippen LogP contribution in [-0.2, 0) is 5.67 Å². The summed E-state index contributed by atoms with van der Waals surface area (Å²) >= 11 is 0. The van der Waals surface area contributed by atoms with E-state index in [1.807, 2.05) is 0 Å². The van der Waals surface area contributed by atoms with E-state index in [1.54, 1.807) is 42.3 Å². The molecule has 0 bridgehead atoms. The second-order valence-corrected chi connectivity index (χ2v) is 10.3. The number of aromatic amines is 1. The summed E-state index contributed by atoms with van der Waals surface area (Å²) in [6.45, 7) is 1.85. The molecule has 0 spiro atoms. The van der Waals surface area contributed by atoms with Crippen LogP contribution >= 0.6 is 0 Å². The average Bonchev–Trinajstić information content (AvgIpc) is 3.29. The molecule has 2 aliphatic rings. The Labute approximate surface area is 217 Å². The van der Waals surface area contributed by atoms with Crippen molar-refractivity contribution in [2.24, 2.45) is 5.92 Å². The van der Waals surface area contributed by atoms with Crippen LogP contribution in [0.4, 0.5) is 8.78 Å². The zero-order valence-corrected chi connectivity index (χ0v) is 21.1. The molecule has 1 N–H and O–H groups in total. The van der Waals surface area contributed by atoms with Crippen molar-refractivity contribution in [3.63, 3.8) is 0 Å². The number of amides is 1. The first kappa shape index (κ1) is 24.4. The molecule has 1 saturated heterocycles. The molecule has 1 aliphatic heterocycles. The number of fused-ring (bicyclic) bond motifs is 1. The monoisotopic (exact) mass is 518 g/mol. The van der Waals surface area contributed by atoms with E-state index in [0.717, 1.165) is 23.8 Å². The van der Waals surface area contributed by atoms with Gasteiger partial charge in [0.05, 0.1) is 18.1 Å². The maximum atomic E-state index is 15.5. The quantitative estimate of drug-likeness (QED) is 0.416. The highest BCUT2D eigenvalue weighted by molar-refractivity contribution is 6.06. The molecule has 8 nitrogen and oxygen atoms in total. The average molecular weight is 519 g/mol. The number of alkyl halides is 2. The van der Waals surface area contributed by atoms with Gasteiger partial charge in [0.15, 0.2) is 5.65 Å². The van der Waals surface area contributed by atoms with Crippen molar-refractivity contribution in [2.45, 2.75) is 44.7 Å². The molecule has 0 unspecified atom stereocenters. The van der Waals surface area contributed by atoms with Gasteiger partial charge in [-0.2, -0.15) is 9.61 Å². The summed E-state index contributed by atoms with van der Waals surface area (Å²) in [5, 5.41) is 4.46. The Hall–Kier alpha value is -3.95. The largest absolute Gasteiger partial charge is 0.339 e. The summed E-state index contributed by atoms with van der Waals surface area (Å²) < 4.78 is 29.7. The molecule has 2 fully saturated rings. The van der Waals surface area contributed by atoms with E-state index in [-0.39, 0.29) is 28.7 Å². The molecule has 1 saturated carbocycles. The van der Waals surface area contributed by atoms with Crippen LogP contribution in [-0.4, -0.2) is 55.1 Å². The fraction of sp³-hybridized carbons (Fsp3) is 0.393. The molecular formula is C28H28F2N6O2. The molecule has 1 aromatic carbocycles. The number of hydrogen-bond donors (Lipinski definition) is 1. The van der Waals surface area contributed by atoms with Gasteiger partial charge in [0, 0.05) is 37.5 Å². The molecule has 4 aromatic rings. The van der Waals surface area contributed by atoms with E-state index < -0.39 is 17.9 Å². The number of benzene rings is 1. The topological polar surface area (TPSA) is 96.2 Å². The smallest absolute Gasteiger partial charge is 0.274 e. The number of rotatable bonds is 5. The number of nitrogens with zero attached hydrogens (tertiary/aromatic N) is 5. The van der Waals surface area contributed by atoms with Gasteiger partial charge in [-0.15, -0.1) is 0 Å². The van der Waals surface area contributed by atoms with E-state index in [2.05, 4.69) is 20.1 Å². The molecule has 0 radical (unpaired) electrons. The molecule has 10 heteroatoms. The number of aryl methyl sites for hydroxylation is 1. The molecule has 1 aliphatic carbocycles. The van der Waals surface area contributed by atoms with Crippen molar-refractivity contribution in [1.29, 1.82) is 0 Å². The van der Waals surface area contributed by atoms with Crippen LogP contribution in [0.5, 0.6) is 0 Å². The van der Waals surface area contributed by atoms with Crippen LogP contribution in [0, 0.1) is 12.8 Å². The lowest BCUT2D eigenvalue weighted by molar-refractivity contribution is 0.0455. The normalized spacial score (nSPS) is 17.5. The van der Waals surface area contributed by atoms with Gasteiger partial charge in [-0.25, -0.2) is 4.39 Å². The van der Waals surface area contributed by atoms with Gasteiger partial charge >= 0.3 is 0 Å². The number of carbonyl (C=O) groups excluding carboxylic acids is 1. The number of carbonyl (C=O) groups is 1. The molecule has 0 atom stereocenters. The van der Waals surface area contributed by atoms with E-state index in [4.69, 9.17) is 0 Å². The third kappa shape index (κ3) is 4.08. The number of likely N-dealkylation sites (tertiary alicyclic amines) is 1. The Kier molecular flexibility index (Phi) is 6.04. The lowest BCUT2D eigenvalue weighted by atomic mass is 9.81. The third-order valence-electron chi connectivity index (χ3n) is 7.76. The molecule has 38 heavy (non-hydrogen) atoms. The van der Waals surface area contributed by atoms with Crippen LogP contribution in [0.2, 0.25) is 0 Å². The van der Waals surface area contributed by atoms with E-state index >= 15 is 4.39 Å². The second-order valence-electron chi connectivity index (χ2n) is 10.3. The Morgan fingerprint density at radius 2 is 1.79 bits per heavy atom. The zero-order valence-electron chi connectivity index (χ0n) is 21.1. The van der Waals surface area contributed by atoms with Crippen LogP contribution in [0.15, 0.2) is 47.5 Å². The fourth-order valence-corrected chi connectivity index (χ4v) is 5.55. The highest BCUT2D eigenvalue weighted by Gasteiger charge is 2.36. The first-order valence-corrected chi connectivity index (χ1v) is 13.0. The van der Waals surface area contributed by atoms with Gasteiger partial charge in [-0.05, 0) is 43.7 Å². The number of hydrogen-bond acceptors (Lipinski definition) is 5. The number of aromatic nitrogens is 5. The minimum absolute atomic E-state index is 0.186. The minimum atomic E-state index is -1.32. The Bertz CT molecular complexity index is 1570. The van der Waals surface area contributed by atoms with Gasteiger partial charge < -0.3 is 9.88 Å². The second kappa shape index (κ2) is 9.41. The predicted octanol–water partition coefficient (Wildman–Crippen LogP) is 4.63. The summed E-state index contributed by atoms with van der Waals surface area (Å²) in [6.07, 6.45) is 6.87.